The highest BCUT2D eigenvalue weighted by Crippen LogP contribution is 2.87. The summed E-state index contributed by atoms with van der Waals surface area (Å²) in [7, 11) is 0. The Morgan fingerprint density at radius 1 is 0.636 bits per heavy atom. The second-order valence-corrected chi connectivity index (χ2v) is 10.9. The van der Waals surface area contributed by atoms with Gasteiger partial charge in [-0.25, -0.2) is 0 Å². The van der Waals surface area contributed by atoms with Gasteiger partial charge in [-0.15, -0.1) is 0 Å². The summed E-state index contributed by atoms with van der Waals surface area (Å²) in [5.74, 6) is 14.0. The lowest BCUT2D eigenvalue weighted by molar-refractivity contribution is -0.0169. The lowest BCUT2D eigenvalue weighted by Crippen LogP contribution is -2.45. The minimum atomic E-state index is 0.926. The Balaban J connectivity index is 1.26. The lowest BCUT2D eigenvalue weighted by atomic mass is 9.55. The van der Waals surface area contributed by atoms with Gasteiger partial charge >= 0.3 is 0 Å². The van der Waals surface area contributed by atoms with Gasteiger partial charge in [0.15, 0.2) is 0 Å². The van der Waals surface area contributed by atoms with E-state index in [2.05, 4.69) is 12.2 Å². The van der Waals surface area contributed by atoms with Gasteiger partial charge in [-0.05, 0) is 121 Å². The van der Waals surface area contributed by atoms with Crippen molar-refractivity contribution in [3.63, 3.8) is 0 Å². The molecule has 0 radical (unpaired) electrons. The van der Waals surface area contributed by atoms with E-state index in [1.165, 1.54) is 47.3 Å². The van der Waals surface area contributed by atoms with Crippen LogP contribution in [-0.4, -0.2) is 0 Å². The largest absolute Gasteiger partial charge is 0.0848 e. The van der Waals surface area contributed by atoms with Crippen LogP contribution in [0, 0.1) is 76.4 Å². The summed E-state index contributed by atoms with van der Waals surface area (Å²) in [6, 6.07) is 0. The fourth-order valence-electron chi connectivity index (χ4n) is 11.1. The highest BCUT2D eigenvalue weighted by molar-refractivity contribution is 5.31. The Kier molecular flexibility index (Phi) is 1.62. The first-order valence-electron chi connectivity index (χ1n) is 10.5. The Hall–Kier alpha value is -0.260. The molecule has 7 saturated carbocycles. The van der Waals surface area contributed by atoms with Crippen LogP contribution in [0.5, 0.6) is 0 Å². The highest BCUT2D eigenvalue weighted by atomic mass is 14.9. The van der Waals surface area contributed by atoms with Crippen molar-refractivity contribution in [2.45, 2.75) is 44.9 Å². The number of fused-ring (bicyclic) bond motifs is 16. The molecule has 0 saturated heterocycles. The van der Waals surface area contributed by atoms with E-state index in [4.69, 9.17) is 0 Å². The van der Waals surface area contributed by atoms with Crippen LogP contribution in [0.1, 0.15) is 44.9 Å². The fourth-order valence-corrected chi connectivity index (χ4v) is 11.1. The molecule has 116 valence electrons. The summed E-state index contributed by atoms with van der Waals surface area (Å²) in [6.45, 7) is 0. The Morgan fingerprint density at radius 2 is 1.45 bits per heavy atom. The summed E-state index contributed by atoms with van der Waals surface area (Å²) in [5.41, 5.74) is 0.926. The molecule has 1 spiro atoms. The van der Waals surface area contributed by atoms with Crippen LogP contribution >= 0.6 is 0 Å². The van der Waals surface area contributed by atoms with Crippen molar-refractivity contribution < 1.29 is 0 Å². The van der Waals surface area contributed by atoms with Crippen molar-refractivity contribution in [1.29, 1.82) is 0 Å². The second kappa shape index (κ2) is 3.14. The molecule has 6 bridgehead atoms. The summed E-state index contributed by atoms with van der Waals surface area (Å²) < 4.78 is 0. The topological polar surface area (TPSA) is 0 Å². The second-order valence-electron chi connectivity index (χ2n) is 10.9. The van der Waals surface area contributed by atoms with Crippen molar-refractivity contribution in [1.82, 2.24) is 0 Å². The average Bonchev–Trinajstić information content (AvgIpc) is 3.16. The maximum atomic E-state index is 2.65. The van der Waals surface area contributed by atoms with E-state index in [1.807, 2.05) is 0 Å². The first kappa shape index (κ1) is 11.3. The molecule has 13 atom stereocenters. The molecule has 0 heterocycles. The quantitative estimate of drug-likeness (QED) is 0.446. The van der Waals surface area contributed by atoms with Crippen molar-refractivity contribution in [3.8, 4) is 0 Å². The Morgan fingerprint density at radius 3 is 2.41 bits per heavy atom. The van der Waals surface area contributed by atoms with Crippen LogP contribution in [0.4, 0.5) is 0 Å². The highest BCUT2D eigenvalue weighted by Gasteiger charge is 2.81. The molecule has 8 aliphatic rings. The van der Waals surface area contributed by atoms with Crippen LogP contribution in [-0.2, 0) is 0 Å². The van der Waals surface area contributed by atoms with Crippen molar-refractivity contribution in [2.75, 3.05) is 0 Å². The SMILES string of the molecule is C1=CC2CC1C1C3CC(C21)C12CC1C1C4CCC(C4)C1CC32. The zero-order valence-corrected chi connectivity index (χ0v) is 13.5. The molecule has 8 rings (SSSR count). The predicted octanol–water partition coefficient (Wildman–Crippen LogP) is 4.76. The van der Waals surface area contributed by atoms with Gasteiger partial charge in [0.25, 0.3) is 0 Å². The molecule has 7 fully saturated rings. The maximum absolute atomic E-state index is 2.65. The first-order valence-corrected chi connectivity index (χ1v) is 10.5. The Bertz CT molecular complexity index is 618. The van der Waals surface area contributed by atoms with Gasteiger partial charge in [-0.2, -0.15) is 0 Å². The minimum absolute atomic E-state index is 0.926. The van der Waals surface area contributed by atoms with E-state index in [0.29, 0.717) is 0 Å². The number of allylic oxidation sites excluding steroid dienone is 2. The molecule has 0 aromatic rings. The van der Waals surface area contributed by atoms with E-state index in [-0.39, 0.29) is 0 Å². The molecule has 0 N–H and O–H groups in total. The summed E-state index contributed by atoms with van der Waals surface area (Å²) in [4.78, 5) is 0. The van der Waals surface area contributed by atoms with Gasteiger partial charge in [0.1, 0.15) is 0 Å². The molecule has 0 aliphatic heterocycles. The van der Waals surface area contributed by atoms with Gasteiger partial charge in [-0.3, -0.25) is 0 Å². The van der Waals surface area contributed by atoms with Crippen LogP contribution in [0.15, 0.2) is 12.2 Å². The molecular weight excluding hydrogens is 264 g/mol. The average molecular weight is 292 g/mol. The van der Waals surface area contributed by atoms with Crippen molar-refractivity contribution in [2.24, 2.45) is 76.4 Å². The molecule has 22 heavy (non-hydrogen) atoms. The van der Waals surface area contributed by atoms with Gasteiger partial charge in [-0.1, -0.05) is 12.2 Å². The number of hydrogen-bond acceptors (Lipinski definition) is 0. The zero-order valence-electron chi connectivity index (χ0n) is 13.5. The van der Waals surface area contributed by atoms with E-state index >= 15 is 0 Å². The monoisotopic (exact) mass is 292 g/mol. The van der Waals surface area contributed by atoms with Gasteiger partial charge in [0.05, 0.1) is 0 Å². The molecule has 0 nitrogen and oxygen atoms in total. The van der Waals surface area contributed by atoms with Crippen molar-refractivity contribution >= 4 is 0 Å². The molecule has 0 amide bonds. The molecule has 8 aliphatic carbocycles. The maximum Gasteiger partial charge on any atom is -0.0194 e. The third-order valence-corrected chi connectivity index (χ3v) is 11.2. The summed E-state index contributed by atoms with van der Waals surface area (Å²) in [6.07, 6.45) is 16.8. The molecule has 0 aromatic heterocycles. The first-order chi connectivity index (χ1) is 10.9. The standard InChI is InChI=1S/C22H28/c1-2-11-5-10(1)14-7-16-15-8-17(22(16)9-18(22)19(11)14)21-13-4-3-12(6-13)20(15)21/h3-4,10-21H,1-2,5-9H2. The van der Waals surface area contributed by atoms with E-state index in [1.54, 1.807) is 44.9 Å². The zero-order chi connectivity index (χ0) is 13.8. The van der Waals surface area contributed by atoms with E-state index < -0.39 is 0 Å². The van der Waals surface area contributed by atoms with Crippen LogP contribution in [0.2, 0.25) is 0 Å². The van der Waals surface area contributed by atoms with Crippen LogP contribution in [0.25, 0.3) is 0 Å². The van der Waals surface area contributed by atoms with Crippen molar-refractivity contribution in [3.05, 3.63) is 12.2 Å². The Labute approximate surface area is 134 Å². The van der Waals surface area contributed by atoms with Crippen LogP contribution < -0.4 is 0 Å². The third-order valence-electron chi connectivity index (χ3n) is 11.2. The van der Waals surface area contributed by atoms with Gasteiger partial charge in [0.2, 0.25) is 0 Å². The van der Waals surface area contributed by atoms with E-state index in [0.717, 1.165) is 29.1 Å². The number of hydrogen-bond donors (Lipinski definition) is 0. The summed E-state index contributed by atoms with van der Waals surface area (Å²) in [5, 5.41) is 0. The minimum Gasteiger partial charge on any atom is -0.0848 e. The third kappa shape index (κ3) is 0.921. The summed E-state index contributed by atoms with van der Waals surface area (Å²) >= 11 is 0. The van der Waals surface area contributed by atoms with E-state index in [9.17, 15) is 0 Å². The fraction of sp³-hybridized carbons (Fsp3) is 0.909. The normalized spacial score (nSPS) is 76.7. The molecule has 0 heteroatoms. The predicted molar refractivity (Wildman–Crippen MR) is 85.8 cm³/mol. The molecule has 13 unspecified atom stereocenters. The smallest absolute Gasteiger partial charge is 0.0194 e. The molecular formula is C22H28. The lowest BCUT2D eigenvalue weighted by Gasteiger charge is -2.50. The number of rotatable bonds is 0. The van der Waals surface area contributed by atoms with Gasteiger partial charge in [0, 0.05) is 0 Å². The van der Waals surface area contributed by atoms with Crippen LogP contribution in [0.3, 0.4) is 0 Å². The molecule has 0 aromatic carbocycles. The van der Waals surface area contributed by atoms with Gasteiger partial charge < -0.3 is 0 Å².